The number of unbranched alkanes of at least 4 members (excludes halogenated alkanes) is 42. The van der Waals surface area contributed by atoms with Crippen molar-refractivity contribution in [2.24, 2.45) is 0 Å². The standard InChI is InChI=1S/C67H129N2O6P/c1-6-8-10-12-14-16-18-20-22-23-24-25-26-27-28-29-30-31-32-33-34-35-36-37-38-39-40-41-42-43-44-45-47-49-51-53-55-57-59-61-67(71)68-65(64-75-76(72,73)74-63-62-69(3,4)5)66(70)60-58-56-54-52-50-48-46-21-19-17-15-13-11-9-7-2/h18,20,23-24,26-27,58,60,65-66,70H,6-17,19,21-22,25,28-57,59,61-64H2,1-5H3,(H-,68,71,72,73)/b20-18-,24-23-,27-26-,60-58+. The molecule has 0 bridgehead atoms. The van der Waals surface area contributed by atoms with Gasteiger partial charge >= 0.3 is 0 Å². The number of nitrogens with one attached hydrogen (secondary N) is 1. The molecule has 0 radical (unpaired) electrons. The van der Waals surface area contributed by atoms with E-state index < -0.39 is 20.0 Å². The van der Waals surface area contributed by atoms with Crippen LogP contribution < -0.4 is 10.2 Å². The van der Waals surface area contributed by atoms with E-state index in [4.69, 9.17) is 9.05 Å². The second kappa shape index (κ2) is 58.1. The number of nitrogens with zero attached hydrogens (tertiary/aromatic N) is 1. The van der Waals surface area contributed by atoms with Crippen molar-refractivity contribution < 1.29 is 32.9 Å². The zero-order chi connectivity index (χ0) is 55.6. The summed E-state index contributed by atoms with van der Waals surface area (Å²) in [5, 5.41) is 13.9. The highest BCUT2D eigenvalue weighted by molar-refractivity contribution is 7.45. The summed E-state index contributed by atoms with van der Waals surface area (Å²) in [5.41, 5.74) is 0. The molecular weight excluding hydrogens is 960 g/mol. The first-order chi connectivity index (χ1) is 37.0. The molecule has 448 valence electrons. The molecule has 0 aromatic carbocycles. The molecule has 0 saturated carbocycles. The molecule has 0 heterocycles. The number of amides is 1. The number of hydrogen-bond donors (Lipinski definition) is 2. The minimum absolute atomic E-state index is 0.000604. The molecule has 9 heteroatoms. The second-order valence-electron chi connectivity index (χ2n) is 23.8. The maximum atomic E-state index is 13.0. The number of phosphoric acid groups is 1. The molecule has 0 aliphatic heterocycles. The predicted octanol–water partition coefficient (Wildman–Crippen LogP) is 20.0. The van der Waals surface area contributed by atoms with E-state index in [9.17, 15) is 19.4 Å². The number of quaternary nitrogens is 1. The maximum Gasteiger partial charge on any atom is 0.268 e. The second-order valence-corrected chi connectivity index (χ2v) is 25.2. The molecule has 0 aromatic heterocycles. The van der Waals surface area contributed by atoms with E-state index in [1.165, 1.54) is 250 Å². The average Bonchev–Trinajstić information content (AvgIpc) is 3.38. The minimum Gasteiger partial charge on any atom is -0.756 e. The van der Waals surface area contributed by atoms with E-state index in [2.05, 4.69) is 55.6 Å². The zero-order valence-corrected chi connectivity index (χ0v) is 52.1. The molecule has 76 heavy (non-hydrogen) atoms. The number of aliphatic hydroxyl groups is 1. The number of hydrogen-bond acceptors (Lipinski definition) is 6. The Hall–Kier alpha value is -1.54. The van der Waals surface area contributed by atoms with Gasteiger partial charge in [0.15, 0.2) is 0 Å². The molecule has 0 spiro atoms. The van der Waals surface area contributed by atoms with Crippen molar-refractivity contribution in [3.8, 4) is 0 Å². The first-order valence-electron chi connectivity index (χ1n) is 33.0. The Kier molecular flexibility index (Phi) is 56.9. The van der Waals surface area contributed by atoms with E-state index in [-0.39, 0.29) is 19.1 Å². The van der Waals surface area contributed by atoms with Crippen LogP contribution in [0.2, 0.25) is 0 Å². The Bertz CT molecular complexity index is 1380. The first kappa shape index (κ1) is 74.5. The van der Waals surface area contributed by atoms with Crippen LogP contribution in [0.5, 0.6) is 0 Å². The molecule has 0 aliphatic rings. The summed E-state index contributed by atoms with van der Waals surface area (Å²) in [6.07, 6.45) is 78.0. The maximum absolute atomic E-state index is 13.0. The normalized spacial score (nSPS) is 14.0. The van der Waals surface area contributed by atoms with Crippen LogP contribution in [0.15, 0.2) is 48.6 Å². The predicted molar refractivity (Wildman–Crippen MR) is 330 cm³/mol. The van der Waals surface area contributed by atoms with Crippen molar-refractivity contribution in [1.29, 1.82) is 0 Å². The number of aliphatic hydroxyl groups excluding tert-OH is 1. The largest absolute Gasteiger partial charge is 0.756 e. The van der Waals surface area contributed by atoms with Crippen LogP contribution in [0, 0.1) is 0 Å². The van der Waals surface area contributed by atoms with Gasteiger partial charge in [0, 0.05) is 6.42 Å². The fourth-order valence-electron chi connectivity index (χ4n) is 9.87. The van der Waals surface area contributed by atoms with Crippen molar-refractivity contribution in [3.63, 3.8) is 0 Å². The molecule has 0 fully saturated rings. The van der Waals surface area contributed by atoms with Crippen molar-refractivity contribution in [2.45, 2.75) is 334 Å². The molecule has 2 N–H and O–H groups in total. The summed E-state index contributed by atoms with van der Waals surface area (Å²) in [6.45, 7) is 4.67. The Labute approximate surface area is 473 Å². The number of carbonyl (C=O) groups excluding carboxylic acids is 1. The number of rotatable bonds is 61. The Morgan fingerprint density at radius 3 is 1.11 bits per heavy atom. The van der Waals surface area contributed by atoms with Crippen LogP contribution in [-0.4, -0.2) is 68.5 Å². The van der Waals surface area contributed by atoms with E-state index in [0.29, 0.717) is 17.4 Å². The van der Waals surface area contributed by atoms with Gasteiger partial charge in [-0.15, -0.1) is 0 Å². The van der Waals surface area contributed by atoms with Gasteiger partial charge in [0.2, 0.25) is 5.91 Å². The monoisotopic (exact) mass is 1090 g/mol. The van der Waals surface area contributed by atoms with Crippen molar-refractivity contribution in [1.82, 2.24) is 5.32 Å². The van der Waals surface area contributed by atoms with Crippen LogP contribution in [0.4, 0.5) is 0 Å². The minimum atomic E-state index is -4.60. The third kappa shape index (κ3) is 60.1. The topological polar surface area (TPSA) is 108 Å². The average molecular weight is 1090 g/mol. The van der Waals surface area contributed by atoms with Gasteiger partial charge in [0.05, 0.1) is 39.9 Å². The van der Waals surface area contributed by atoms with Crippen LogP contribution >= 0.6 is 7.82 Å². The SMILES string of the molecule is CCCCCCC/C=C\C/C=C\C/C=C\CCCCCCCCCCCCCCCCCCCCCCCCCCC(=O)NC(COP(=O)([O-])OCC[N+](C)(C)C)C(O)/C=C/CCCCCCCCCCCCCCC. The molecule has 3 atom stereocenters. The van der Waals surface area contributed by atoms with Crippen molar-refractivity contribution >= 4 is 13.7 Å². The lowest BCUT2D eigenvalue weighted by molar-refractivity contribution is -0.870. The van der Waals surface area contributed by atoms with Gasteiger partial charge in [-0.2, -0.15) is 0 Å². The van der Waals surface area contributed by atoms with E-state index in [1.54, 1.807) is 6.08 Å². The summed E-state index contributed by atoms with van der Waals surface area (Å²) in [7, 11) is 1.27. The molecule has 0 rings (SSSR count). The van der Waals surface area contributed by atoms with Crippen LogP contribution in [0.25, 0.3) is 0 Å². The lowest BCUT2D eigenvalue weighted by atomic mass is 10.0. The fraction of sp³-hybridized carbons (Fsp3) is 0.866. The highest BCUT2D eigenvalue weighted by atomic mass is 31.2. The van der Waals surface area contributed by atoms with Gasteiger partial charge in [-0.1, -0.05) is 306 Å². The number of phosphoric ester groups is 1. The summed E-state index contributed by atoms with van der Waals surface area (Å²) in [4.78, 5) is 25.5. The van der Waals surface area contributed by atoms with Crippen molar-refractivity contribution in [3.05, 3.63) is 48.6 Å². The third-order valence-electron chi connectivity index (χ3n) is 15.0. The lowest BCUT2D eigenvalue weighted by Crippen LogP contribution is -2.45. The Balaban J connectivity index is 3.90. The Morgan fingerprint density at radius 1 is 0.461 bits per heavy atom. The molecule has 0 aliphatic carbocycles. The van der Waals surface area contributed by atoms with Gasteiger partial charge in [-0.3, -0.25) is 9.36 Å². The van der Waals surface area contributed by atoms with Gasteiger partial charge in [-0.25, -0.2) is 0 Å². The molecule has 1 amide bonds. The number of allylic oxidation sites excluding steroid dienone is 7. The molecule has 3 unspecified atom stereocenters. The van der Waals surface area contributed by atoms with Crippen LogP contribution in [-0.2, 0) is 18.4 Å². The molecular formula is C67H129N2O6P. The smallest absolute Gasteiger partial charge is 0.268 e. The van der Waals surface area contributed by atoms with E-state index in [0.717, 1.165) is 51.4 Å². The van der Waals surface area contributed by atoms with Crippen LogP contribution in [0.3, 0.4) is 0 Å². The van der Waals surface area contributed by atoms with Gasteiger partial charge in [0.1, 0.15) is 13.2 Å². The third-order valence-corrected chi connectivity index (χ3v) is 16.0. The summed E-state index contributed by atoms with van der Waals surface area (Å²) in [6, 6.07) is -0.885. The van der Waals surface area contributed by atoms with Crippen molar-refractivity contribution in [2.75, 3.05) is 40.9 Å². The van der Waals surface area contributed by atoms with E-state index >= 15 is 0 Å². The quantitative estimate of drug-likeness (QED) is 0.0272. The highest BCUT2D eigenvalue weighted by Crippen LogP contribution is 2.38. The van der Waals surface area contributed by atoms with E-state index in [1.807, 2.05) is 27.2 Å². The fourth-order valence-corrected chi connectivity index (χ4v) is 10.6. The van der Waals surface area contributed by atoms with Gasteiger partial charge < -0.3 is 28.8 Å². The van der Waals surface area contributed by atoms with Gasteiger partial charge in [0.25, 0.3) is 7.82 Å². The zero-order valence-electron chi connectivity index (χ0n) is 51.2. The molecule has 0 saturated heterocycles. The first-order valence-corrected chi connectivity index (χ1v) is 34.5. The summed E-state index contributed by atoms with van der Waals surface area (Å²) in [5.74, 6) is -0.192. The Morgan fingerprint density at radius 2 is 0.763 bits per heavy atom. The summed E-state index contributed by atoms with van der Waals surface area (Å²) >= 11 is 0. The number of likely N-dealkylation sites (N-methyl/N-ethyl adjacent to an activating group) is 1. The highest BCUT2D eigenvalue weighted by Gasteiger charge is 2.23. The lowest BCUT2D eigenvalue weighted by Gasteiger charge is -2.29. The molecule has 8 nitrogen and oxygen atoms in total. The van der Waals surface area contributed by atoms with Crippen LogP contribution in [0.1, 0.15) is 322 Å². The summed E-state index contributed by atoms with van der Waals surface area (Å²) < 4.78 is 23.4. The number of carbonyl (C=O) groups is 1. The van der Waals surface area contributed by atoms with Gasteiger partial charge in [-0.05, 0) is 57.8 Å². The molecule has 0 aromatic rings.